The summed E-state index contributed by atoms with van der Waals surface area (Å²) in [5.74, 6) is -2.42. The Morgan fingerprint density at radius 3 is 2.33 bits per heavy atom. The number of carbonyl (C=O) groups is 3. The monoisotopic (exact) mass is 365 g/mol. The predicted molar refractivity (Wildman–Crippen MR) is 78.2 cm³/mol. The van der Waals surface area contributed by atoms with Crippen molar-refractivity contribution in [2.45, 2.75) is 11.7 Å². The smallest absolute Gasteiger partial charge is 0.348 e. The number of nitrogens with zero attached hydrogens (tertiary/aromatic N) is 3. The van der Waals surface area contributed by atoms with E-state index in [0.717, 1.165) is 4.90 Å². The van der Waals surface area contributed by atoms with Crippen LogP contribution in [0.3, 0.4) is 0 Å². The number of aldehydes is 1. The van der Waals surface area contributed by atoms with Crippen LogP contribution in [0.15, 0.2) is 0 Å². The summed E-state index contributed by atoms with van der Waals surface area (Å²) >= 11 is 0. The molecule has 0 aromatic heterocycles. The SMILES string of the molecule is NC(CS(=O)CC(=O)N1CC([N+](=O)[O-])([N+](=O)[O-])C1)C(=O)NCC=O. The third-order valence-electron chi connectivity index (χ3n) is 3.27. The van der Waals surface area contributed by atoms with Crippen molar-refractivity contribution >= 4 is 28.9 Å². The van der Waals surface area contributed by atoms with Crippen LogP contribution in [0, 0.1) is 20.2 Å². The molecule has 0 aromatic rings. The minimum absolute atomic E-state index is 0.254. The van der Waals surface area contributed by atoms with Crippen LogP contribution in [0.1, 0.15) is 0 Å². The van der Waals surface area contributed by atoms with Crippen molar-refractivity contribution in [2.24, 2.45) is 5.73 Å². The van der Waals surface area contributed by atoms with Crippen molar-refractivity contribution in [2.75, 3.05) is 31.1 Å². The summed E-state index contributed by atoms with van der Waals surface area (Å²) in [6, 6.07) is -1.20. The highest BCUT2D eigenvalue weighted by Crippen LogP contribution is 2.25. The van der Waals surface area contributed by atoms with Crippen LogP contribution in [0.5, 0.6) is 0 Å². The number of likely N-dealkylation sites (tertiary alicyclic amines) is 1. The second kappa shape index (κ2) is 7.87. The fourth-order valence-electron chi connectivity index (χ4n) is 1.88. The summed E-state index contributed by atoms with van der Waals surface area (Å²) in [7, 11) is -1.85. The first-order valence-corrected chi connectivity index (χ1v) is 8.01. The van der Waals surface area contributed by atoms with Crippen LogP contribution in [-0.2, 0) is 25.2 Å². The van der Waals surface area contributed by atoms with E-state index in [2.05, 4.69) is 5.32 Å². The second-order valence-corrected chi connectivity index (χ2v) is 6.52. The average molecular weight is 365 g/mol. The van der Waals surface area contributed by atoms with E-state index >= 15 is 0 Å². The largest absolute Gasteiger partial charge is 0.492 e. The molecule has 2 amide bonds. The van der Waals surface area contributed by atoms with E-state index in [0.29, 0.717) is 6.29 Å². The number of carbonyl (C=O) groups excluding carboxylic acids is 3. The zero-order valence-electron chi connectivity index (χ0n) is 12.3. The van der Waals surface area contributed by atoms with Gasteiger partial charge in [0.1, 0.15) is 21.9 Å². The first kappa shape index (κ1) is 19.6. The molecular weight excluding hydrogens is 350 g/mol. The summed E-state index contributed by atoms with van der Waals surface area (Å²) in [5, 5.41) is 23.6. The van der Waals surface area contributed by atoms with Gasteiger partial charge in [-0.25, -0.2) is 0 Å². The summed E-state index contributed by atoms with van der Waals surface area (Å²) in [4.78, 5) is 53.4. The van der Waals surface area contributed by atoms with Crippen molar-refractivity contribution in [3.63, 3.8) is 0 Å². The number of nitrogens with one attached hydrogen (secondary N) is 1. The fourth-order valence-corrected chi connectivity index (χ4v) is 3.00. The van der Waals surface area contributed by atoms with Gasteiger partial charge in [-0.3, -0.25) is 34.0 Å². The molecule has 0 aromatic carbocycles. The van der Waals surface area contributed by atoms with Gasteiger partial charge in [0.15, 0.2) is 13.1 Å². The maximum Gasteiger partial charge on any atom is 0.492 e. The number of hydrogen-bond acceptors (Lipinski definition) is 9. The Hall–Kier alpha value is -2.48. The van der Waals surface area contributed by atoms with Gasteiger partial charge in [-0.15, -0.1) is 0 Å². The van der Waals surface area contributed by atoms with E-state index in [9.17, 15) is 38.8 Å². The summed E-state index contributed by atoms with van der Waals surface area (Å²) in [6.07, 6.45) is 0.436. The molecule has 1 heterocycles. The van der Waals surface area contributed by atoms with Gasteiger partial charge >= 0.3 is 5.66 Å². The zero-order chi connectivity index (χ0) is 18.5. The number of hydrogen-bond donors (Lipinski definition) is 2. The fraction of sp³-hybridized carbons (Fsp3) is 0.700. The van der Waals surface area contributed by atoms with E-state index in [1.54, 1.807) is 0 Å². The summed E-state index contributed by atoms with van der Waals surface area (Å²) in [5.41, 5.74) is 3.03. The Kier molecular flexibility index (Phi) is 6.42. The molecule has 1 saturated heterocycles. The molecule has 0 saturated carbocycles. The van der Waals surface area contributed by atoms with Crippen LogP contribution in [0.2, 0.25) is 0 Å². The molecule has 2 unspecified atom stereocenters. The lowest BCUT2D eigenvalue weighted by Crippen LogP contribution is -2.71. The minimum Gasteiger partial charge on any atom is -0.348 e. The average Bonchev–Trinajstić information content (AvgIpc) is 2.42. The first-order chi connectivity index (χ1) is 11.1. The van der Waals surface area contributed by atoms with Gasteiger partial charge in [0.05, 0.1) is 12.6 Å². The summed E-state index contributed by atoms with van der Waals surface area (Å²) in [6.45, 7) is -1.68. The molecule has 1 aliphatic rings. The highest BCUT2D eigenvalue weighted by Gasteiger charge is 2.67. The Morgan fingerprint density at radius 2 is 1.88 bits per heavy atom. The van der Waals surface area contributed by atoms with Crippen molar-refractivity contribution < 1.29 is 28.4 Å². The Labute approximate surface area is 137 Å². The molecule has 2 atom stereocenters. The normalized spacial score (nSPS) is 18.0. The molecule has 134 valence electrons. The van der Waals surface area contributed by atoms with Crippen molar-refractivity contribution in [3.05, 3.63) is 20.2 Å². The van der Waals surface area contributed by atoms with Crippen LogP contribution >= 0.6 is 0 Å². The van der Waals surface area contributed by atoms with E-state index in [4.69, 9.17) is 5.73 Å². The third kappa shape index (κ3) is 4.29. The van der Waals surface area contributed by atoms with E-state index in [-0.39, 0.29) is 12.3 Å². The molecule has 1 rings (SSSR count). The van der Waals surface area contributed by atoms with Crippen LogP contribution in [0.25, 0.3) is 0 Å². The van der Waals surface area contributed by atoms with Gasteiger partial charge in [-0.1, -0.05) is 0 Å². The molecule has 13 nitrogen and oxygen atoms in total. The molecule has 1 fully saturated rings. The van der Waals surface area contributed by atoms with E-state index in [1.807, 2.05) is 0 Å². The van der Waals surface area contributed by atoms with Gasteiger partial charge in [0.2, 0.25) is 11.8 Å². The quantitative estimate of drug-likeness (QED) is 0.180. The lowest BCUT2D eigenvalue weighted by Gasteiger charge is -2.35. The van der Waals surface area contributed by atoms with Crippen molar-refractivity contribution in [1.29, 1.82) is 0 Å². The summed E-state index contributed by atoms with van der Waals surface area (Å²) < 4.78 is 11.8. The number of rotatable bonds is 9. The standard InChI is InChI=1S/C10H15N5O8S/c11-7(9(18)12-1-2-16)3-24(23)4-8(17)13-5-10(6-13,14(19)20)15(21)22/h2,7H,1,3-6,11H2,(H,12,18). The molecule has 0 radical (unpaired) electrons. The molecular formula is C10H15N5O8S. The molecule has 3 N–H and O–H groups in total. The maximum absolute atomic E-state index is 11.8. The first-order valence-electron chi connectivity index (χ1n) is 6.52. The molecule has 0 spiro atoms. The highest BCUT2D eigenvalue weighted by molar-refractivity contribution is 7.85. The van der Waals surface area contributed by atoms with Gasteiger partial charge in [-0.05, 0) is 0 Å². The Bertz CT molecular complexity index is 574. The lowest BCUT2D eigenvalue weighted by atomic mass is 10.0. The van der Waals surface area contributed by atoms with E-state index < -0.39 is 63.0 Å². The van der Waals surface area contributed by atoms with Gasteiger partial charge in [0, 0.05) is 16.6 Å². The predicted octanol–water partition coefficient (Wildman–Crippen LogP) is -3.53. The maximum atomic E-state index is 11.8. The second-order valence-electron chi connectivity index (χ2n) is 5.02. The Balaban J connectivity index is 2.48. The molecule has 0 aliphatic carbocycles. The van der Waals surface area contributed by atoms with Gasteiger partial charge in [0.25, 0.3) is 0 Å². The molecule has 24 heavy (non-hydrogen) atoms. The van der Waals surface area contributed by atoms with Crippen LogP contribution in [-0.4, -0.2) is 79.9 Å². The molecule has 0 bridgehead atoms. The number of nitrogens with two attached hydrogens (primary N) is 1. The topological polar surface area (TPSA) is 196 Å². The number of amides is 2. The molecule has 1 aliphatic heterocycles. The third-order valence-corrected chi connectivity index (χ3v) is 4.57. The van der Waals surface area contributed by atoms with E-state index in [1.165, 1.54) is 0 Å². The number of nitro groups is 2. The van der Waals surface area contributed by atoms with Gasteiger partial charge < -0.3 is 20.7 Å². The molecule has 14 heteroatoms. The Morgan fingerprint density at radius 1 is 1.33 bits per heavy atom. The van der Waals surface area contributed by atoms with Crippen molar-refractivity contribution in [1.82, 2.24) is 10.2 Å². The minimum atomic E-state index is -2.43. The lowest BCUT2D eigenvalue weighted by molar-refractivity contribution is -0.809. The van der Waals surface area contributed by atoms with Crippen LogP contribution in [0.4, 0.5) is 0 Å². The van der Waals surface area contributed by atoms with Crippen molar-refractivity contribution in [3.8, 4) is 0 Å². The highest BCUT2D eigenvalue weighted by atomic mass is 32.2. The zero-order valence-corrected chi connectivity index (χ0v) is 13.1. The van der Waals surface area contributed by atoms with Crippen LogP contribution < -0.4 is 11.1 Å². The van der Waals surface area contributed by atoms with Gasteiger partial charge in [-0.2, -0.15) is 0 Å².